The van der Waals surface area contributed by atoms with Gasteiger partial charge in [-0.3, -0.25) is 4.79 Å². The van der Waals surface area contributed by atoms with E-state index in [0.29, 0.717) is 16.3 Å². The van der Waals surface area contributed by atoms with Crippen LogP contribution in [0.15, 0.2) is 66.4 Å². The van der Waals surface area contributed by atoms with E-state index >= 15 is 0 Å². The first-order valence-corrected chi connectivity index (χ1v) is 9.36. The number of carbonyl (C=O) groups is 2. The number of esters is 2. The molecular weight excluding hydrogens is 390 g/mol. The molecule has 0 atom stereocenters. The van der Waals surface area contributed by atoms with Gasteiger partial charge >= 0.3 is 11.9 Å². The van der Waals surface area contributed by atoms with E-state index in [1.165, 1.54) is 13.0 Å². The number of hydrogen-bond donors (Lipinski definition) is 0. The molecule has 3 rings (SSSR count). The van der Waals surface area contributed by atoms with E-state index in [9.17, 15) is 9.59 Å². The number of aromatic nitrogens is 1. The fourth-order valence-corrected chi connectivity index (χ4v) is 3.23. The molecule has 0 saturated heterocycles. The van der Waals surface area contributed by atoms with Crippen molar-refractivity contribution in [3.63, 3.8) is 0 Å². The van der Waals surface area contributed by atoms with Crippen LogP contribution in [0.3, 0.4) is 0 Å². The van der Waals surface area contributed by atoms with Crippen LogP contribution in [-0.2, 0) is 14.3 Å². The minimum atomic E-state index is -0.756. The summed E-state index contributed by atoms with van der Waals surface area (Å²) < 4.78 is 12.4. The number of nitrogens with zero attached hydrogens (tertiary/aromatic N) is 1. The minimum Gasteiger partial charge on any atom is -0.421 e. The molecule has 0 spiro atoms. The third-order valence-corrected chi connectivity index (χ3v) is 4.58. The predicted octanol–water partition coefficient (Wildman–Crippen LogP) is 5.26. The molecule has 148 valence electrons. The molecule has 1 heterocycles. The Bertz CT molecular complexity index is 1080. The first-order chi connectivity index (χ1) is 13.9. The summed E-state index contributed by atoms with van der Waals surface area (Å²) in [6.45, 7) is 5.06. The van der Waals surface area contributed by atoms with Crippen LogP contribution in [-0.4, -0.2) is 16.5 Å². The second kappa shape index (κ2) is 8.80. The normalized spacial score (nSPS) is 11.2. The van der Waals surface area contributed by atoms with Gasteiger partial charge in [-0.05, 0) is 55.8 Å². The van der Waals surface area contributed by atoms with Gasteiger partial charge in [-0.1, -0.05) is 41.9 Å². The second-order valence-corrected chi connectivity index (χ2v) is 6.83. The maximum absolute atomic E-state index is 12.6. The van der Waals surface area contributed by atoms with Crippen molar-refractivity contribution in [3.8, 4) is 11.4 Å². The molecule has 2 aromatic carbocycles. The van der Waals surface area contributed by atoms with Crippen molar-refractivity contribution in [1.82, 2.24) is 4.57 Å². The smallest absolute Gasteiger partial charge is 0.379 e. The lowest BCUT2D eigenvalue weighted by Crippen LogP contribution is -2.15. The molecule has 0 aliphatic rings. The van der Waals surface area contributed by atoms with Gasteiger partial charge in [0.25, 0.3) is 0 Å². The van der Waals surface area contributed by atoms with Gasteiger partial charge in [0, 0.05) is 18.3 Å². The van der Waals surface area contributed by atoms with Crippen LogP contribution in [0.1, 0.15) is 23.9 Å². The molecule has 3 aromatic rings. The third-order valence-electron chi connectivity index (χ3n) is 4.26. The van der Waals surface area contributed by atoms with Gasteiger partial charge in [0.2, 0.25) is 5.76 Å². The first kappa shape index (κ1) is 20.4. The molecule has 0 aliphatic heterocycles. The Morgan fingerprint density at radius 2 is 1.66 bits per heavy atom. The predicted molar refractivity (Wildman–Crippen MR) is 112 cm³/mol. The van der Waals surface area contributed by atoms with Crippen LogP contribution < -0.4 is 4.74 Å². The molecule has 29 heavy (non-hydrogen) atoms. The average molecular weight is 410 g/mol. The molecule has 0 bridgehead atoms. The Morgan fingerprint density at radius 3 is 2.31 bits per heavy atom. The number of hydrogen-bond acceptors (Lipinski definition) is 4. The molecule has 0 unspecified atom stereocenters. The standard InChI is InChI=1S/C23H20ClNO4/c1-15-13-18(16(2)25(15)21-12-8-7-11-20(21)24)14-22(28-17(3)26)23(27)29-19-9-5-4-6-10-19/h4-14H,1-3H3. The van der Waals surface area contributed by atoms with Crippen molar-refractivity contribution in [2.24, 2.45) is 0 Å². The van der Waals surface area contributed by atoms with E-state index in [1.54, 1.807) is 24.3 Å². The Balaban J connectivity index is 2.00. The van der Waals surface area contributed by atoms with Crippen LogP contribution >= 0.6 is 11.6 Å². The average Bonchev–Trinajstić information content (AvgIpc) is 2.95. The SMILES string of the molecule is CC(=O)OC(=Cc1cc(C)n(-c2ccccc2Cl)c1C)C(=O)Oc1ccccc1. The van der Waals surface area contributed by atoms with Gasteiger partial charge in [0.15, 0.2) is 0 Å². The van der Waals surface area contributed by atoms with Crippen LogP contribution in [0, 0.1) is 13.8 Å². The highest BCUT2D eigenvalue weighted by molar-refractivity contribution is 6.32. The van der Waals surface area contributed by atoms with E-state index in [0.717, 1.165) is 17.1 Å². The third kappa shape index (κ3) is 4.76. The van der Waals surface area contributed by atoms with Crippen molar-refractivity contribution >= 4 is 29.6 Å². The fraction of sp³-hybridized carbons (Fsp3) is 0.130. The van der Waals surface area contributed by atoms with Crippen molar-refractivity contribution in [2.75, 3.05) is 0 Å². The van der Waals surface area contributed by atoms with Gasteiger partial charge < -0.3 is 14.0 Å². The molecule has 0 saturated carbocycles. The monoisotopic (exact) mass is 409 g/mol. The Labute approximate surface area is 174 Å². The summed E-state index contributed by atoms with van der Waals surface area (Å²) >= 11 is 6.35. The first-order valence-electron chi connectivity index (χ1n) is 8.98. The summed E-state index contributed by atoms with van der Waals surface area (Å²) in [4.78, 5) is 24.1. The number of benzene rings is 2. The zero-order valence-electron chi connectivity index (χ0n) is 16.3. The van der Waals surface area contributed by atoms with E-state index in [2.05, 4.69) is 0 Å². The van der Waals surface area contributed by atoms with Crippen molar-refractivity contribution in [3.05, 3.63) is 88.4 Å². The summed E-state index contributed by atoms with van der Waals surface area (Å²) in [6.07, 6.45) is 1.50. The lowest BCUT2D eigenvalue weighted by Gasteiger charge is -2.11. The fourth-order valence-electron chi connectivity index (χ4n) is 3.01. The molecular formula is C23H20ClNO4. The van der Waals surface area contributed by atoms with Gasteiger partial charge in [0.05, 0.1) is 10.7 Å². The van der Waals surface area contributed by atoms with E-state index < -0.39 is 11.9 Å². The largest absolute Gasteiger partial charge is 0.421 e. The quantitative estimate of drug-likeness (QED) is 0.250. The summed E-state index contributed by atoms with van der Waals surface area (Å²) in [5.41, 5.74) is 3.29. The van der Waals surface area contributed by atoms with Crippen LogP contribution in [0.5, 0.6) is 5.75 Å². The lowest BCUT2D eigenvalue weighted by molar-refractivity contribution is -0.145. The molecule has 0 fully saturated rings. The van der Waals surface area contributed by atoms with Crippen molar-refractivity contribution in [1.29, 1.82) is 0 Å². The van der Waals surface area contributed by atoms with Crippen molar-refractivity contribution in [2.45, 2.75) is 20.8 Å². The molecule has 5 nitrogen and oxygen atoms in total. The zero-order valence-corrected chi connectivity index (χ0v) is 17.1. The maximum Gasteiger partial charge on any atom is 0.379 e. The molecule has 6 heteroatoms. The molecule has 1 aromatic heterocycles. The zero-order chi connectivity index (χ0) is 21.0. The second-order valence-electron chi connectivity index (χ2n) is 6.42. The summed E-state index contributed by atoms with van der Waals surface area (Å²) in [7, 11) is 0. The summed E-state index contributed by atoms with van der Waals surface area (Å²) in [6, 6.07) is 18.0. The van der Waals surface area contributed by atoms with E-state index in [4.69, 9.17) is 21.1 Å². The highest BCUT2D eigenvalue weighted by Gasteiger charge is 2.19. The van der Waals surface area contributed by atoms with Gasteiger partial charge in [-0.15, -0.1) is 0 Å². The highest BCUT2D eigenvalue weighted by atomic mass is 35.5. The van der Waals surface area contributed by atoms with E-state index in [-0.39, 0.29) is 5.76 Å². The number of aryl methyl sites for hydroxylation is 1. The topological polar surface area (TPSA) is 57.5 Å². The number of para-hydroxylation sites is 2. The van der Waals surface area contributed by atoms with Crippen molar-refractivity contribution < 1.29 is 19.1 Å². The Morgan fingerprint density at radius 1 is 1.00 bits per heavy atom. The number of rotatable bonds is 5. The van der Waals surface area contributed by atoms with Gasteiger partial charge in [0.1, 0.15) is 5.75 Å². The van der Waals surface area contributed by atoms with Crippen LogP contribution in [0.25, 0.3) is 11.8 Å². The van der Waals surface area contributed by atoms with Crippen LogP contribution in [0.2, 0.25) is 5.02 Å². The van der Waals surface area contributed by atoms with E-state index in [1.807, 2.05) is 54.8 Å². The number of halogens is 1. The minimum absolute atomic E-state index is 0.194. The molecule has 0 radical (unpaired) electrons. The lowest BCUT2D eigenvalue weighted by atomic mass is 10.2. The summed E-state index contributed by atoms with van der Waals surface area (Å²) in [5, 5.41) is 0.605. The van der Waals surface area contributed by atoms with Gasteiger partial charge in [-0.25, -0.2) is 4.79 Å². The Hall–Kier alpha value is -3.31. The number of ether oxygens (including phenoxy) is 2. The molecule has 0 N–H and O–H groups in total. The Kier molecular flexibility index (Phi) is 6.20. The maximum atomic E-state index is 12.6. The van der Waals surface area contributed by atoms with Gasteiger partial charge in [-0.2, -0.15) is 0 Å². The summed E-state index contributed by atoms with van der Waals surface area (Å²) in [5.74, 6) is -1.20. The van der Waals surface area contributed by atoms with Crippen LogP contribution in [0.4, 0.5) is 0 Å². The highest BCUT2D eigenvalue weighted by Crippen LogP contribution is 2.27. The molecule has 0 aliphatic carbocycles. The number of carbonyl (C=O) groups excluding carboxylic acids is 2. The molecule has 0 amide bonds.